The molecule has 104 valence electrons. The minimum atomic E-state index is 0.182. The largest absolute Gasteiger partial charge is 0.488 e. The zero-order valence-corrected chi connectivity index (χ0v) is 13.5. The van der Waals surface area contributed by atoms with Crippen LogP contribution in [0, 0.1) is 6.92 Å². The first-order valence-corrected chi connectivity index (χ1v) is 7.74. The maximum Gasteiger partial charge on any atom is 0.123 e. The second-order valence-corrected chi connectivity index (χ2v) is 6.33. The van der Waals surface area contributed by atoms with E-state index < -0.39 is 0 Å². The maximum atomic E-state index is 5.98. The van der Waals surface area contributed by atoms with E-state index in [2.05, 4.69) is 46.4 Å². The zero-order valence-electron chi connectivity index (χ0n) is 11.1. The van der Waals surface area contributed by atoms with E-state index in [1.807, 2.05) is 18.2 Å². The summed E-state index contributed by atoms with van der Waals surface area (Å²) in [6, 6.07) is 12.2. The molecule has 1 N–H and O–H groups in total. The van der Waals surface area contributed by atoms with E-state index in [4.69, 9.17) is 16.3 Å². The predicted octanol–water partition coefficient (Wildman–Crippen LogP) is 4.83. The van der Waals surface area contributed by atoms with Crippen LogP contribution in [0.15, 0.2) is 40.9 Å². The highest BCUT2D eigenvalue weighted by Crippen LogP contribution is 2.30. The first kappa shape index (κ1) is 13.8. The fraction of sp³-hybridized carbons (Fsp3) is 0.250. The summed E-state index contributed by atoms with van der Waals surface area (Å²) in [5.74, 6) is 1.01. The third kappa shape index (κ3) is 2.94. The number of nitrogens with one attached hydrogen (secondary N) is 1. The predicted molar refractivity (Wildman–Crippen MR) is 86.9 cm³/mol. The highest BCUT2D eigenvalue weighted by atomic mass is 79.9. The van der Waals surface area contributed by atoms with Crippen LogP contribution >= 0.6 is 27.5 Å². The molecule has 2 nitrogen and oxygen atoms in total. The lowest BCUT2D eigenvalue weighted by Crippen LogP contribution is -2.23. The molecule has 0 radical (unpaired) electrons. The van der Waals surface area contributed by atoms with Gasteiger partial charge in [-0.25, -0.2) is 0 Å². The summed E-state index contributed by atoms with van der Waals surface area (Å²) >= 11 is 9.41. The molecule has 0 bridgehead atoms. The lowest BCUT2D eigenvalue weighted by atomic mass is 10.1. The SMILES string of the molecule is Cc1ccc2c(c1)CC(CNc1ccc(Cl)c(Br)c1)O2. The number of hydrogen-bond acceptors (Lipinski definition) is 2. The smallest absolute Gasteiger partial charge is 0.123 e. The Morgan fingerprint density at radius 3 is 2.95 bits per heavy atom. The van der Waals surface area contributed by atoms with Gasteiger partial charge in [-0.1, -0.05) is 29.3 Å². The van der Waals surface area contributed by atoms with Gasteiger partial charge >= 0.3 is 0 Å². The normalized spacial score (nSPS) is 16.6. The van der Waals surface area contributed by atoms with Gasteiger partial charge in [-0.15, -0.1) is 0 Å². The summed E-state index contributed by atoms with van der Waals surface area (Å²) in [6.45, 7) is 2.89. The molecule has 20 heavy (non-hydrogen) atoms. The van der Waals surface area contributed by atoms with Gasteiger partial charge in [0.2, 0.25) is 0 Å². The molecule has 0 fully saturated rings. The molecule has 0 saturated carbocycles. The quantitative estimate of drug-likeness (QED) is 0.854. The van der Waals surface area contributed by atoms with Gasteiger partial charge in [0.05, 0.1) is 11.6 Å². The summed E-state index contributed by atoms with van der Waals surface area (Å²) < 4.78 is 6.84. The third-order valence-electron chi connectivity index (χ3n) is 3.41. The minimum Gasteiger partial charge on any atom is -0.488 e. The van der Waals surface area contributed by atoms with E-state index in [-0.39, 0.29) is 6.10 Å². The summed E-state index contributed by atoms with van der Waals surface area (Å²) in [6.07, 6.45) is 1.14. The van der Waals surface area contributed by atoms with Crippen LogP contribution < -0.4 is 10.1 Å². The number of hydrogen-bond donors (Lipinski definition) is 1. The van der Waals surface area contributed by atoms with Crippen LogP contribution in [0.25, 0.3) is 0 Å². The van der Waals surface area contributed by atoms with Crippen LogP contribution in [0.4, 0.5) is 5.69 Å². The molecule has 0 saturated heterocycles. The van der Waals surface area contributed by atoms with Gasteiger partial charge in [-0.3, -0.25) is 0 Å². The lowest BCUT2D eigenvalue weighted by molar-refractivity contribution is 0.246. The number of fused-ring (bicyclic) bond motifs is 1. The van der Waals surface area contributed by atoms with Crippen molar-refractivity contribution in [3.05, 3.63) is 57.0 Å². The van der Waals surface area contributed by atoms with Crippen LogP contribution in [0.2, 0.25) is 5.02 Å². The zero-order chi connectivity index (χ0) is 14.1. The molecule has 0 aromatic heterocycles. The highest BCUT2D eigenvalue weighted by molar-refractivity contribution is 9.10. The Balaban J connectivity index is 1.62. The summed E-state index contributed by atoms with van der Waals surface area (Å²) in [7, 11) is 0. The van der Waals surface area contributed by atoms with Crippen molar-refractivity contribution >= 4 is 33.2 Å². The molecule has 0 aliphatic carbocycles. The molecule has 1 atom stereocenters. The van der Waals surface area contributed by atoms with Crippen LogP contribution in [0.3, 0.4) is 0 Å². The highest BCUT2D eigenvalue weighted by Gasteiger charge is 2.22. The molecule has 1 aliphatic rings. The van der Waals surface area contributed by atoms with Gasteiger partial charge in [-0.05, 0) is 52.7 Å². The van der Waals surface area contributed by atoms with Crippen molar-refractivity contribution < 1.29 is 4.74 Å². The minimum absolute atomic E-state index is 0.182. The topological polar surface area (TPSA) is 21.3 Å². The van der Waals surface area contributed by atoms with Gasteiger partial charge in [0.15, 0.2) is 0 Å². The first-order chi connectivity index (χ1) is 9.61. The number of anilines is 1. The van der Waals surface area contributed by atoms with Crippen molar-refractivity contribution in [3.8, 4) is 5.75 Å². The molecule has 3 rings (SSSR count). The Kier molecular flexibility index (Phi) is 3.90. The van der Waals surface area contributed by atoms with Crippen LogP contribution in [-0.2, 0) is 6.42 Å². The number of aryl methyl sites for hydroxylation is 1. The number of benzene rings is 2. The number of rotatable bonds is 3. The van der Waals surface area contributed by atoms with Crippen LogP contribution in [0.5, 0.6) is 5.75 Å². The van der Waals surface area contributed by atoms with Gasteiger partial charge < -0.3 is 10.1 Å². The monoisotopic (exact) mass is 351 g/mol. The standard InChI is InChI=1S/C16H15BrClNO/c1-10-2-5-16-11(6-10)7-13(20-16)9-19-12-3-4-15(18)14(17)8-12/h2-6,8,13,19H,7,9H2,1H3. The lowest BCUT2D eigenvalue weighted by Gasteiger charge is -2.13. The molecule has 4 heteroatoms. The van der Waals surface area contributed by atoms with E-state index in [1.54, 1.807) is 0 Å². The van der Waals surface area contributed by atoms with Crippen LogP contribution in [0.1, 0.15) is 11.1 Å². The van der Waals surface area contributed by atoms with E-state index in [1.165, 1.54) is 11.1 Å². The van der Waals surface area contributed by atoms with Gasteiger partial charge in [0.25, 0.3) is 0 Å². The second kappa shape index (κ2) is 5.66. The number of halogens is 2. The molecule has 1 unspecified atom stereocenters. The van der Waals surface area contributed by atoms with Crippen molar-refractivity contribution in [2.45, 2.75) is 19.4 Å². The Morgan fingerprint density at radius 1 is 1.30 bits per heavy atom. The Bertz CT molecular complexity index is 644. The average Bonchev–Trinajstić information content (AvgIpc) is 2.82. The van der Waals surface area contributed by atoms with E-state index in [9.17, 15) is 0 Å². The van der Waals surface area contributed by atoms with E-state index in [0.717, 1.165) is 33.9 Å². The van der Waals surface area contributed by atoms with Crippen LogP contribution in [-0.4, -0.2) is 12.6 Å². The maximum absolute atomic E-state index is 5.98. The first-order valence-electron chi connectivity index (χ1n) is 6.57. The molecule has 2 aromatic rings. The van der Waals surface area contributed by atoms with E-state index >= 15 is 0 Å². The second-order valence-electron chi connectivity index (χ2n) is 5.06. The van der Waals surface area contributed by atoms with Crippen molar-refractivity contribution in [1.82, 2.24) is 0 Å². The van der Waals surface area contributed by atoms with Gasteiger partial charge in [0.1, 0.15) is 11.9 Å². The molecular weight excluding hydrogens is 338 g/mol. The van der Waals surface area contributed by atoms with Gasteiger partial charge in [-0.2, -0.15) is 0 Å². The summed E-state index contributed by atoms with van der Waals surface area (Å²) in [4.78, 5) is 0. The fourth-order valence-corrected chi connectivity index (χ4v) is 2.90. The van der Waals surface area contributed by atoms with Crippen molar-refractivity contribution in [2.75, 3.05) is 11.9 Å². The van der Waals surface area contributed by atoms with Crippen molar-refractivity contribution in [3.63, 3.8) is 0 Å². The number of ether oxygens (including phenoxy) is 1. The molecule has 0 amide bonds. The van der Waals surface area contributed by atoms with Gasteiger partial charge in [0, 0.05) is 16.6 Å². The molecule has 1 heterocycles. The molecule has 2 aromatic carbocycles. The average molecular weight is 353 g/mol. The van der Waals surface area contributed by atoms with Crippen molar-refractivity contribution in [1.29, 1.82) is 0 Å². The van der Waals surface area contributed by atoms with E-state index in [0.29, 0.717) is 0 Å². The molecule has 0 spiro atoms. The fourth-order valence-electron chi connectivity index (χ4n) is 2.40. The molecule has 1 aliphatic heterocycles. The van der Waals surface area contributed by atoms with Crippen molar-refractivity contribution in [2.24, 2.45) is 0 Å². The Labute approximate surface area is 132 Å². The molecular formula is C16H15BrClNO. The Hall–Kier alpha value is -1.19. The Morgan fingerprint density at radius 2 is 2.15 bits per heavy atom. The third-order valence-corrected chi connectivity index (χ3v) is 4.62. The summed E-state index contributed by atoms with van der Waals surface area (Å²) in [5, 5.41) is 4.11. The summed E-state index contributed by atoms with van der Waals surface area (Å²) in [5.41, 5.74) is 3.62.